The van der Waals surface area contributed by atoms with Crippen LogP contribution in [-0.4, -0.2) is 35.1 Å². The zero-order valence-electron chi connectivity index (χ0n) is 17.0. The number of rotatable bonds is 7. The molecular weight excluding hydrogens is 390 g/mol. The van der Waals surface area contributed by atoms with Gasteiger partial charge >= 0.3 is 0 Å². The molecule has 2 aliphatic carbocycles. The molecule has 1 N–H and O–H groups in total. The van der Waals surface area contributed by atoms with Crippen molar-refractivity contribution in [2.24, 2.45) is 5.92 Å². The van der Waals surface area contributed by atoms with Crippen LogP contribution in [0.2, 0.25) is 0 Å². The number of nitrogens with one attached hydrogen (secondary N) is 1. The average Bonchev–Trinajstić information content (AvgIpc) is 3.63. The predicted molar refractivity (Wildman–Crippen MR) is 107 cm³/mol. The van der Waals surface area contributed by atoms with Crippen molar-refractivity contribution in [1.29, 1.82) is 0 Å². The third kappa shape index (κ3) is 4.18. The highest BCUT2D eigenvalue weighted by molar-refractivity contribution is 5.95. The van der Waals surface area contributed by atoms with Gasteiger partial charge in [0, 0.05) is 31.1 Å². The number of aryl methyl sites for hydroxylation is 1. The summed E-state index contributed by atoms with van der Waals surface area (Å²) < 4.78 is 32.8. The molecule has 1 aliphatic heterocycles. The Hall–Kier alpha value is -2.51. The highest BCUT2D eigenvalue weighted by Gasteiger charge is 2.40. The summed E-state index contributed by atoms with van der Waals surface area (Å²) in [4.78, 5) is 19.1. The zero-order chi connectivity index (χ0) is 20.9. The van der Waals surface area contributed by atoms with Gasteiger partial charge in [-0.1, -0.05) is 24.1 Å². The zero-order valence-corrected chi connectivity index (χ0v) is 17.0. The number of aromatic nitrogens is 2. The maximum atomic E-state index is 13.8. The van der Waals surface area contributed by atoms with Gasteiger partial charge in [-0.05, 0) is 48.8 Å². The predicted octanol–water partition coefficient (Wildman–Crippen LogP) is 4.37. The van der Waals surface area contributed by atoms with Crippen LogP contribution in [0, 0.1) is 12.8 Å². The van der Waals surface area contributed by atoms with Crippen LogP contribution in [0.1, 0.15) is 78.1 Å². The Labute approximate surface area is 174 Å². The van der Waals surface area contributed by atoms with Crippen LogP contribution in [0.3, 0.4) is 0 Å². The van der Waals surface area contributed by atoms with Crippen molar-refractivity contribution in [1.82, 2.24) is 15.5 Å². The summed E-state index contributed by atoms with van der Waals surface area (Å²) in [6.45, 7) is 1.75. The Kier molecular flexibility index (Phi) is 4.75. The molecule has 1 amide bonds. The molecule has 8 heteroatoms. The van der Waals surface area contributed by atoms with Crippen molar-refractivity contribution in [3.63, 3.8) is 0 Å². The summed E-state index contributed by atoms with van der Waals surface area (Å²) in [5, 5.41) is 7.04. The summed E-state index contributed by atoms with van der Waals surface area (Å²) in [7, 11) is 0. The molecular formula is C22H26F2N4O2. The van der Waals surface area contributed by atoms with E-state index in [9.17, 15) is 13.6 Å². The number of carbonyl (C=O) groups is 1. The largest absolute Gasteiger partial charge is 0.365 e. The van der Waals surface area contributed by atoms with Gasteiger partial charge in [-0.2, -0.15) is 4.98 Å². The van der Waals surface area contributed by atoms with E-state index in [4.69, 9.17) is 4.52 Å². The smallest absolute Gasteiger partial charge is 0.266 e. The molecule has 0 radical (unpaired) electrons. The number of carbonyl (C=O) groups excluding carboxylic acids is 1. The van der Waals surface area contributed by atoms with Crippen molar-refractivity contribution in [3.05, 3.63) is 41.0 Å². The fraction of sp³-hybridized carbons (Fsp3) is 0.591. The lowest BCUT2D eigenvalue weighted by atomic mass is 10.0. The fourth-order valence-electron chi connectivity index (χ4n) is 4.25. The normalized spacial score (nSPS) is 21.6. The second-order valence-electron chi connectivity index (χ2n) is 8.95. The van der Waals surface area contributed by atoms with Crippen LogP contribution >= 0.6 is 0 Å². The van der Waals surface area contributed by atoms with Crippen molar-refractivity contribution in [2.75, 3.05) is 18.0 Å². The van der Waals surface area contributed by atoms with Crippen molar-refractivity contribution in [2.45, 2.75) is 63.3 Å². The minimum Gasteiger partial charge on any atom is -0.365 e. The highest BCUT2D eigenvalue weighted by atomic mass is 19.3. The summed E-state index contributed by atoms with van der Waals surface area (Å²) in [5.74, 6) is -0.985. The van der Waals surface area contributed by atoms with E-state index in [1.54, 1.807) is 24.0 Å². The SMILES string of the molecule is Cc1nc(C(CC2CC2)NC(=O)c2ccc(C3CC3)c(N3CCC(F)(F)C3)c2)no1. The molecule has 5 rings (SSSR count). The minimum absolute atomic E-state index is 0.145. The maximum Gasteiger partial charge on any atom is 0.266 e. The van der Waals surface area contributed by atoms with Crippen molar-refractivity contribution >= 4 is 11.6 Å². The lowest BCUT2D eigenvalue weighted by Gasteiger charge is -2.23. The molecule has 2 heterocycles. The van der Waals surface area contributed by atoms with Gasteiger partial charge in [0.1, 0.15) is 0 Å². The van der Waals surface area contributed by atoms with E-state index < -0.39 is 5.92 Å². The number of anilines is 1. The Balaban J connectivity index is 1.38. The van der Waals surface area contributed by atoms with Gasteiger partial charge in [0.25, 0.3) is 11.8 Å². The average molecular weight is 416 g/mol. The number of halogens is 2. The first-order valence-electron chi connectivity index (χ1n) is 10.8. The molecule has 1 unspecified atom stereocenters. The summed E-state index contributed by atoms with van der Waals surface area (Å²) in [6, 6.07) is 5.20. The molecule has 6 nitrogen and oxygen atoms in total. The van der Waals surface area contributed by atoms with E-state index in [0.717, 1.165) is 43.4 Å². The lowest BCUT2D eigenvalue weighted by Crippen LogP contribution is -2.30. The van der Waals surface area contributed by atoms with Crippen LogP contribution in [0.4, 0.5) is 14.5 Å². The first-order valence-corrected chi connectivity index (χ1v) is 10.8. The van der Waals surface area contributed by atoms with E-state index in [1.807, 2.05) is 6.07 Å². The quantitative estimate of drug-likeness (QED) is 0.726. The topological polar surface area (TPSA) is 71.3 Å². The first kappa shape index (κ1) is 19.5. The summed E-state index contributed by atoms with van der Waals surface area (Å²) in [5.41, 5.74) is 2.33. The van der Waals surface area contributed by atoms with E-state index in [1.165, 1.54) is 0 Å². The van der Waals surface area contributed by atoms with Gasteiger partial charge in [0.05, 0.1) is 12.6 Å². The Morgan fingerprint density at radius 3 is 2.73 bits per heavy atom. The number of alkyl halides is 2. The van der Waals surface area contributed by atoms with Crippen LogP contribution in [0.25, 0.3) is 0 Å². The van der Waals surface area contributed by atoms with E-state index >= 15 is 0 Å². The number of benzene rings is 1. The molecule has 30 heavy (non-hydrogen) atoms. The molecule has 160 valence electrons. The van der Waals surface area contributed by atoms with E-state index in [-0.39, 0.29) is 24.9 Å². The second-order valence-corrected chi connectivity index (χ2v) is 8.95. The Morgan fingerprint density at radius 1 is 1.33 bits per heavy atom. The highest BCUT2D eigenvalue weighted by Crippen LogP contribution is 2.46. The molecule has 2 aromatic rings. The van der Waals surface area contributed by atoms with Crippen LogP contribution < -0.4 is 10.2 Å². The minimum atomic E-state index is -2.68. The van der Waals surface area contributed by atoms with Gasteiger partial charge < -0.3 is 14.7 Å². The molecule has 3 aliphatic rings. The molecule has 0 bridgehead atoms. The van der Waals surface area contributed by atoms with Crippen LogP contribution in [0.5, 0.6) is 0 Å². The number of hydrogen-bond acceptors (Lipinski definition) is 5. The maximum absolute atomic E-state index is 13.8. The third-order valence-corrected chi connectivity index (χ3v) is 6.25. The lowest BCUT2D eigenvalue weighted by molar-refractivity contribution is 0.0257. The molecule has 2 saturated carbocycles. The first-order chi connectivity index (χ1) is 14.4. The van der Waals surface area contributed by atoms with Gasteiger partial charge in [0.15, 0.2) is 5.82 Å². The number of amides is 1. The molecule has 1 saturated heterocycles. The molecule has 1 aromatic heterocycles. The standard InChI is InChI=1S/C22H26F2N4O2/c1-13-25-20(27-30-13)18(10-14-2-3-14)26-21(29)16-6-7-17(15-4-5-15)19(11-16)28-9-8-22(23,24)12-28/h6-7,11,14-15,18H,2-5,8-10,12H2,1H3,(H,26,29). The van der Waals surface area contributed by atoms with Crippen LogP contribution in [0.15, 0.2) is 22.7 Å². The van der Waals surface area contributed by atoms with Crippen LogP contribution in [-0.2, 0) is 0 Å². The van der Waals surface area contributed by atoms with Crippen molar-refractivity contribution < 1.29 is 18.1 Å². The summed E-state index contributed by atoms with van der Waals surface area (Å²) in [6.07, 6.45) is 5.07. The van der Waals surface area contributed by atoms with Gasteiger partial charge in [-0.25, -0.2) is 8.78 Å². The Morgan fingerprint density at radius 2 is 2.13 bits per heavy atom. The van der Waals surface area contributed by atoms with E-state index in [2.05, 4.69) is 15.5 Å². The molecule has 3 fully saturated rings. The molecule has 1 aromatic carbocycles. The fourth-order valence-corrected chi connectivity index (χ4v) is 4.25. The molecule has 1 atom stereocenters. The molecule has 0 spiro atoms. The number of nitrogens with zero attached hydrogens (tertiary/aromatic N) is 3. The Bertz CT molecular complexity index is 952. The van der Waals surface area contributed by atoms with Gasteiger partial charge in [0.2, 0.25) is 5.89 Å². The van der Waals surface area contributed by atoms with E-state index in [0.29, 0.717) is 35.7 Å². The third-order valence-electron chi connectivity index (χ3n) is 6.25. The van der Waals surface area contributed by atoms with Gasteiger partial charge in [-0.15, -0.1) is 0 Å². The summed E-state index contributed by atoms with van der Waals surface area (Å²) >= 11 is 0. The van der Waals surface area contributed by atoms with Gasteiger partial charge in [-0.3, -0.25) is 4.79 Å². The van der Waals surface area contributed by atoms with Crippen molar-refractivity contribution in [3.8, 4) is 0 Å². The number of hydrogen-bond donors (Lipinski definition) is 1. The monoisotopic (exact) mass is 416 g/mol. The second kappa shape index (κ2) is 7.32.